The molecule has 2 rings (SSSR count). The molecule has 2 heterocycles. The average molecular weight is 224 g/mol. The van der Waals surface area contributed by atoms with Gasteiger partial charge in [-0.05, 0) is 6.07 Å². The van der Waals surface area contributed by atoms with Crippen LogP contribution in [0.15, 0.2) is 24.5 Å². The topological polar surface area (TPSA) is 87.0 Å². The molecule has 0 radical (unpaired) electrons. The van der Waals surface area contributed by atoms with Crippen LogP contribution in [-0.2, 0) is 6.54 Å². The van der Waals surface area contributed by atoms with E-state index in [0.29, 0.717) is 12.5 Å². The van der Waals surface area contributed by atoms with Crippen LogP contribution < -0.4 is 5.73 Å². The summed E-state index contributed by atoms with van der Waals surface area (Å²) in [6.07, 6.45) is 3.33. The van der Waals surface area contributed by atoms with Gasteiger partial charge in [0.2, 0.25) is 0 Å². The third kappa shape index (κ3) is 1.96. The minimum absolute atomic E-state index is 0.142. The van der Waals surface area contributed by atoms with Gasteiger partial charge in [-0.1, -0.05) is 11.3 Å². The molecule has 0 aliphatic heterocycles. The average Bonchev–Trinajstić information content (AvgIpc) is 2.77. The van der Waals surface area contributed by atoms with E-state index >= 15 is 0 Å². The van der Waals surface area contributed by atoms with E-state index in [1.165, 1.54) is 6.07 Å². The Bertz CT molecular complexity index is 490. The van der Waals surface area contributed by atoms with Crippen molar-refractivity contribution >= 4 is 22.3 Å². The van der Waals surface area contributed by atoms with Crippen molar-refractivity contribution in [1.29, 1.82) is 0 Å². The van der Waals surface area contributed by atoms with E-state index in [-0.39, 0.29) is 5.00 Å². The monoisotopic (exact) mass is 224 g/mol. The lowest BCUT2D eigenvalue weighted by molar-refractivity contribution is -0.380. The molecule has 0 amide bonds. The summed E-state index contributed by atoms with van der Waals surface area (Å²) in [4.78, 5) is 14.8. The number of anilines is 1. The Labute approximate surface area is 89.1 Å². The molecule has 0 saturated carbocycles. The molecule has 0 aromatic carbocycles. The molecule has 0 aliphatic rings. The van der Waals surface area contributed by atoms with Gasteiger partial charge in [0.25, 0.3) is 0 Å². The van der Waals surface area contributed by atoms with Gasteiger partial charge in [0, 0.05) is 23.3 Å². The van der Waals surface area contributed by atoms with E-state index in [4.69, 9.17) is 5.73 Å². The van der Waals surface area contributed by atoms with Gasteiger partial charge in [-0.25, -0.2) is 4.98 Å². The largest absolute Gasteiger partial charge is 0.369 e. The summed E-state index contributed by atoms with van der Waals surface area (Å²) < 4.78 is 1.73. The van der Waals surface area contributed by atoms with Crippen LogP contribution in [0.2, 0.25) is 0 Å². The number of nitrogens with two attached hydrogens (primary N) is 1. The van der Waals surface area contributed by atoms with Crippen molar-refractivity contribution in [3.05, 3.63) is 39.5 Å². The van der Waals surface area contributed by atoms with E-state index < -0.39 is 4.92 Å². The number of rotatable bonds is 3. The molecule has 7 heteroatoms. The third-order valence-corrected chi connectivity index (χ3v) is 2.92. The van der Waals surface area contributed by atoms with Crippen LogP contribution in [0.25, 0.3) is 0 Å². The maximum atomic E-state index is 10.5. The first kappa shape index (κ1) is 9.66. The quantitative estimate of drug-likeness (QED) is 0.632. The van der Waals surface area contributed by atoms with Crippen molar-refractivity contribution < 1.29 is 4.92 Å². The highest BCUT2D eigenvalue weighted by Gasteiger charge is 2.10. The molecule has 0 aliphatic carbocycles. The summed E-state index contributed by atoms with van der Waals surface area (Å²) in [5, 5.41) is 10.6. The highest BCUT2D eigenvalue weighted by Crippen LogP contribution is 2.24. The Morgan fingerprint density at radius 2 is 2.40 bits per heavy atom. The third-order valence-electron chi connectivity index (χ3n) is 1.90. The van der Waals surface area contributed by atoms with E-state index in [1.54, 1.807) is 23.0 Å². The van der Waals surface area contributed by atoms with Crippen LogP contribution in [0, 0.1) is 10.1 Å². The van der Waals surface area contributed by atoms with Gasteiger partial charge < -0.3 is 10.3 Å². The summed E-state index contributed by atoms with van der Waals surface area (Å²) in [6, 6.07) is 3.22. The molecule has 0 saturated heterocycles. The number of imidazole rings is 1. The van der Waals surface area contributed by atoms with Crippen LogP contribution >= 0.6 is 11.3 Å². The van der Waals surface area contributed by atoms with Gasteiger partial charge in [-0.3, -0.25) is 10.1 Å². The zero-order valence-corrected chi connectivity index (χ0v) is 8.48. The first-order chi connectivity index (χ1) is 7.16. The van der Waals surface area contributed by atoms with Crippen molar-refractivity contribution in [2.75, 3.05) is 5.73 Å². The molecule has 2 aromatic rings. The molecule has 6 nitrogen and oxygen atoms in total. The van der Waals surface area contributed by atoms with Crippen LogP contribution in [0.1, 0.15) is 4.88 Å². The number of aromatic nitrogens is 2. The Morgan fingerprint density at radius 3 is 2.93 bits per heavy atom. The Balaban J connectivity index is 2.18. The number of hydrogen-bond donors (Lipinski definition) is 1. The zero-order valence-electron chi connectivity index (χ0n) is 7.66. The van der Waals surface area contributed by atoms with Gasteiger partial charge in [0.05, 0.1) is 11.5 Å². The Hall–Kier alpha value is -1.89. The van der Waals surface area contributed by atoms with E-state index in [9.17, 15) is 10.1 Å². The van der Waals surface area contributed by atoms with Crippen LogP contribution in [-0.4, -0.2) is 14.5 Å². The van der Waals surface area contributed by atoms with E-state index in [1.807, 2.05) is 0 Å². The van der Waals surface area contributed by atoms with Crippen molar-refractivity contribution in [1.82, 2.24) is 9.55 Å². The maximum Gasteiger partial charge on any atom is 0.324 e. The first-order valence-corrected chi connectivity index (χ1v) is 4.98. The first-order valence-electron chi connectivity index (χ1n) is 4.16. The molecule has 78 valence electrons. The molecular weight excluding hydrogens is 216 g/mol. The number of nitrogens with zero attached hydrogens (tertiary/aromatic N) is 3. The van der Waals surface area contributed by atoms with Gasteiger partial charge in [0.1, 0.15) is 0 Å². The summed E-state index contributed by atoms with van der Waals surface area (Å²) in [5.74, 6) is 0.408. The second kappa shape index (κ2) is 3.70. The molecule has 15 heavy (non-hydrogen) atoms. The standard InChI is InChI=1S/C8H8N4O2S/c9-8-10-3-4-11(8)5-6-1-2-7(15-6)12(13)14/h1-4H,5H2,(H2,9,10). The van der Waals surface area contributed by atoms with Crippen LogP contribution in [0.3, 0.4) is 0 Å². The lowest BCUT2D eigenvalue weighted by Gasteiger charge is -2.00. The molecule has 0 unspecified atom stereocenters. The fraction of sp³-hybridized carbons (Fsp3) is 0.125. The Kier molecular flexibility index (Phi) is 2.38. The van der Waals surface area contributed by atoms with E-state index in [0.717, 1.165) is 16.2 Å². The Morgan fingerprint density at radius 1 is 1.60 bits per heavy atom. The van der Waals surface area contributed by atoms with Gasteiger partial charge in [-0.2, -0.15) is 0 Å². The summed E-state index contributed by atoms with van der Waals surface area (Å²) in [7, 11) is 0. The number of nitrogen functional groups attached to an aromatic ring is 1. The van der Waals surface area contributed by atoms with Gasteiger partial charge in [-0.15, -0.1) is 0 Å². The van der Waals surface area contributed by atoms with Gasteiger partial charge >= 0.3 is 5.00 Å². The summed E-state index contributed by atoms with van der Waals surface area (Å²) in [6.45, 7) is 0.518. The maximum absolute atomic E-state index is 10.5. The summed E-state index contributed by atoms with van der Waals surface area (Å²) >= 11 is 1.14. The molecule has 0 atom stereocenters. The smallest absolute Gasteiger partial charge is 0.324 e. The van der Waals surface area contributed by atoms with Crippen LogP contribution in [0.4, 0.5) is 10.9 Å². The number of thiophene rings is 1. The second-order valence-corrected chi connectivity index (χ2v) is 4.06. The minimum Gasteiger partial charge on any atom is -0.369 e. The highest BCUT2D eigenvalue weighted by atomic mass is 32.1. The lowest BCUT2D eigenvalue weighted by atomic mass is 10.4. The molecule has 2 N–H and O–H groups in total. The van der Waals surface area contributed by atoms with Crippen molar-refractivity contribution in [2.45, 2.75) is 6.54 Å². The molecule has 0 bridgehead atoms. The van der Waals surface area contributed by atoms with Crippen LogP contribution in [0.5, 0.6) is 0 Å². The van der Waals surface area contributed by atoms with Crippen molar-refractivity contribution in [3.8, 4) is 0 Å². The zero-order chi connectivity index (χ0) is 10.8. The second-order valence-electron chi connectivity index (χ2n) is 2.91. The fourth-order valence-corrected chi connectivity index (χ4v) is 2.01. The molecule has 2 aromatic heterocycles. The molecule has 0 fully saturated rings. The van der Waals surface area contributed by atoms with Crippen molar-refractivity contribution in [2.24, 2.45) is 0 Å². The number of nitro groups is 1. The van der Waals surface area contributed by atoms with E-state index in [2.05, 4.69) is 4.98 Å². The SMILES string of the molecule is Nc1nccn1Cc1ccc([N+](=O)[O-])s1. The predicted octanol–water partition coefficient (Wildman–Crippen LogP) is 1.48. The van der Waals surface area contributed by atoms with Gasteiger partial charge in [0.15, 0.2) is 5.95 Å². The fourth-order valence-electron chi connectivity index (χ4n) is 1.19. The lowest BCUT2D eigenvalue weighted by Crippen LogP contribution is -2.01. The summed E-state index contributed by atoms with van der Waals surface area (Å²) in [5.41, 5.74) is 5.58. The highest BCUT2D eigenvalue weighted by molar-refractivity contribution is 7.15. The predicted molar refractivity (Wildman–Crippen MR) is 56.7 cm³/mol. The van der Waals surface area contributed by atoms with Crippen molar-refractivity contribution in [3.63, 3.8) is 0 Å². The normalized spacial score (nSPS) is 10.4. The molecule has 0 spiro atoms. The molecular formula is C8H8N4O2S. The number of hydrogen-bond acceptors (Lipinski definition) is 5. The minimum atomic E-state index is -0.397.